The van der Waals surface area contributed by atoms with Crippen molar-refractivity contribution >= 4 is 33.0 Å². The standard InChI is InChI=1S/C25H34N4O4S/c1-19-6-7-21(16-20(19)2)27-25(30)18-26-23-17-22(34(31,32)29-10-4-3-5-11-29)8-9-24(23)28-12-14-33-15-13-28/h6-9,16-17,26H,3-5,10-15,18H2,1-2H3,(H,27,30). The molecule has 34 heavy (non-hydrogen) atoms. The number of nitrogens with one attached hydrogen (secondary N) is 2. The molecule has 4 rings (SSSR count). The molecule has 2 saturated heterocycles. The Hall–Kier alpha value is -2.62. The van der Waals surface area contributed by atoms with Crippen molar-refractivity contribution in [3.8, 4) is 0 Å². The number of amides is 1. The van der Waals surface area contributed by atoms with Crippen LogP contribution in [-0.4, -0.2) is 64.6 Å². The van der Waals surface area contributed by atoms with E-state index in [2.05, 4.69) is 15.5 Å². The van der Waals surface area contributed by atoms with Crippen molar-refractivity contribution in [2.75, 3.05) is 61.5 Å². The molecule has 184 valence electrons. The third kappa shape index (κ3) is 5.71. The van der Waals surface area contributed by atoms with Crippen LogP contribution in [0, 0.1) is 13.8 Å². The van der Waals surface area contributed by atoms with Crippen LogP contribution in [0.25, 0.3) is 0 Å². The molecular weight excluding hydrogens is 452 g/mol. The van der Waals surface area contributed by atoms with E-state index < -0.39 is 10.0 Å². The molecule has 0 bridgehead atoms. The summed E-state index contributed by atoms with van der Waals surface area (Å²) < 4.78 is 33.5. The maximum atomic E-state index is 13.3. The molecule has 0 radical (unpaired) electrons. The molecular formula is C25H34N4O4S. The molecule has 8 nitrogen and oxygen atoms in total. The van der Waals surface area contributed by atoms with E-state index >= 15 is 0 Å². The van der Waals surface area contributed by atoms with Crippen LogP contribution in [0.15, 0.2) is 41.3 Å². The summed E-state index contributed by atoms with van der Waals surface area (Å²) in [4.78, 5) is 15.1. The minimum atomic E-state index is -3.58. The highest BCUT2D eigenvalue weighted by molar-refractivity contribution is 7.89. The number of anilines is 3. The van der Waals surface area contributed by atoms with Gasteiger partial charge in [-0.2, -0.15) is 4.31 Å². The Morgan fingerprint density at radius 1 is 0.941 bits per heavy atom. The van der Waals surface area contributed by atoms with Gasteiger partial charge in [-0.3, -0.25) is 4.79 Å². The average molecular weight is 487 g/mol. The van der Waals surface area contributed by atoms with Gasteiger partial charge < -0.3 is 20.3 Å². The van der Waals surface area contributed by atoms with Crippen LogP contribution in [0.1, 0.15) is 30.4 Å². The van der Waals surface area contributed by atoms with Crippen LogP contribution in [0.2, 0.25) is 0 Å². The minimum Gasteiger partial charge on any atom is -0.378 e. The van der Waals surface area contributed by atoms with Crippen molar-refractivity contribution in [1.82, 2.24) is 4.31 Å². The fourth-order valence-corrected chi connectivity index (χ4v) is 5.90. The highest BCUT2D eigenvalue weighted by atomic mass is 32.2. The van der Waals surface area contributed by atoms with Crippen LogP contribution >= 0.6 is 0 Å². The molecule has 9 heteroatoms. The van der Waals surface area contributed by atoms with Gasteiger partial charge in [0.2, 0.25) is 15.9 Å². The molecule has 0 saturated carbocycles. The topological polar surface area (TPSA) is 91.0 Å². The van der Waals surface area contributed by atoms with Gasteiger partial charge in [-0.15, -0.1) is 0 Å². The summed E-state index contributed by atoms with van der Waals surface area (Å²) in [5.74, 6) is -0.194. The highest BCUT2D eigenvalue weighted by Crippen LogP contribution is 2.31. The molecule has 1 amide bonds. The van der Waals surface area contributed by atoms with Crippen molar-refractivity contribution in [2.24, 2.45) is 0 Å². The van der Waals surface area contributed by atoms with Gasteiger partial charge in [0.1, 0.15) is 0 Å². The average Bonchev–Trinajstić information content (AvgIpc) is 2.86. The Morgan fingerprint density at radius 2 is 1.68 bits per heavy atom. The second-order valence-corrected chi connectivity index (χ2v) is 10.9. The number of aryl methyl sites for hydroxylation is 2. The van der Waals surface area contributed by atoms with Gasteiger partial charge in [0.25, 0.3) is 0 Å². The van der Waals surface area contributed by atoms with Crippen LogP contribution in [0.5, 0.6) is 0 Å². The summed E-state index contributed by atoms with van der Waals surface area (Å²) in [6.07, 6.45) is 2.83. The van der Waals surface area contributed by atoms with E-state index in [0.29, 0.717) is 45.1 Å². The number of nitrogens with zero attached hydrogens (tertiary/aromatic N) is 2. The largest absolute Gasteiger partial charge is 0.378 e. The lowest BCUT2D eigenvalue weighted by Gasteiger charge is -2.31. The summed E-state index contributed by atoms with van der Waals surface area (Å²) >= 11 is 0. The van der Waals surface area contributed by atoms with E-state index in [9.17, 15) is 13.2 Å². The molecule has 2 aromatic rings. The van der Waals surface area contributed by atoms with E-state index in [1.165, 1.54) is 0 Å². The minimum absolute atomic E-state index is 0.0253. The number of piperidine rings is 1. The second kappa shape index (κ2) is 10.8. The Balaban J connectivity index is 1.54. The van der Waals surface area contributed by atoms with Crippen LogP contribution in [0.3, 0.4) is 0 Å². The number of benzene rings is 2. The van der Waals surface area contributed by atoms with Gasteiger partial charge in [0.15, 0.2) is 0 Å². The summed E-state index contributed by atoms with van der Waals surface area (Å²) in [6.45, 7) is 7.80. The number of sulfonamides is 1. The van der Waals surface area contributed by atoms with Crippen molar-refractivity contribution in [3.63, 3.8) is 0 Å². The molecule has 0 atom stereocenters. The van der Waals surface area contributed by atoms with Gasteiger partial charge in [-0.25, -0.2) is 8.42 Å². The Kier molecular flexibility index (Phi) is 7.75. The number of hydrogen-bond donors (Lipinski definition) is 2. The first kappa shape index (κ1) is 24.5. The molecule has 2 fully saturated rings. The summed E-state index contributed by atoms with van der Waals surface area (Å²) in [5, 5.41) is 6.11. The zero-order chi connectivity index (χ0) is 24.1. The Morgan fingerprint density at radius 3 is 2.38 bits per heavy atom. The molecule has 2 heterocycles. The first-order chi connectivity index (χ1) is 16.3. The lowest BCUT2D eigenvalue weighted by molar-refractivity contribution is -0.114. The smallest absolute Gasteiger partial charge is 0.243 e. The Bertz CT molecular complexity index is 1120. The van der Waals surface area contributed by atoms with Crippen molar-refractivity contribution < 1.29 is 17.9 Å². The maximum Gasteiger partial charge on any atom is 0.243 e. The van der Waals surface area contributed by atoms with Gasteiger partial charge in [0.05, 0.1) is 36.0 Å². The first-order valence-electron chi connectivity index (χ1n) is 11.9. The van der Waals surface area contributed by atoms with E-state index in [4.69, 9.17) is 4.74 Å². The molecule has 2 aliphatic rings. The zero-order valence-corrected chi connectivity index (χ0v) is 20.8. The van der Waals surface area contributed by atoms with Gasteiger partial charge in [-0.1, -0.05) is 12.5 Å². The van der Waals surface area contributed by atoms with Crippen LogP contribution in [-0.2, 0) is 19.6 Å². The van der Waals surface area contributed by atoms with Gasteiger partial charge in [0, 0.05) is 31.9 Å². The quantitative estimate of drug-likeness (QED) is 0.624. The zero-order valence-electron chi connectivity index (χ0n) is 20.0. The van der Waals surface area contributed by atoms with Crippen LogP contribution in [0.4, 0.5) is 17.1 Å². The summed E-state index contributed by atoms with van der Waals surface area (Å²) in [6, 6.07) is 11.0. The van der Waals surface area contributed by atoms with E-state index in [-0.39, 0.29) is 17.3 Å². The van der Waals surface area contributed by atoms with Gasteiger partial charge in [-0.05, 0) is 68.1 Å². The normalized spacial score (nSPS) is 17.4. The lowest BCUT2D eigenvalue weighted by atomic mass is 10.1. The predicted octanol–water partition coefficient (Wildman–Crippen LogP) is 3.37. The number of carbonyl (C=O) groups excluding carboxylic acids is 1. The molecule has 2 aliphatic heterocycles. The second-order valence-electron chi connectivity index (χ2n) is 8.94. The van der Waals surface area contributed by atoms with Crippen molar-refractivity contribution in [3.05, 3.63) is 47.5 Å². The fraction of sp³-hybridized carbons (Fsp3) is 0.480. The van der Waals surface area contributed by atoms with Gasteiger partial charge >= 0.3 is 0 Å². The van der Waals surface area contributed by atoms with E-state index in [0.717, 1.165) is 41.8 Å². The highest BCUT2D eigenvalue weighted by Gasteiger charge is 2.27. The van der Waals surface area contributed by atoms with E-state index in [1.54, 1.807) is 16.4 Å². The Labute approximate surface area is 202 Å². The predicted molar refractivity (Wildman–Crippen MR) is 135 cm³/mol. The number of hydrogen-bond acceptors (Lipinski definition) is 6. The van der Waals surface area contributed by atoms with Crippen LogP contribution < -0.4 is 15.5 Å². The maximum absolute atomic E-state index is 13.3. The summed E-state index contributed by atoms with van der Waals surface area (Å²) in [5.41, 5.74) is 4.52. The number of rotatable bonds is 7. The summed E-state index contributed by atoms with van der Waals surface area (Å²) in [7, 11) is -3.58. The third-order valence-electron chi connectivity index (χ3n) is 6.50. The van der Waals surface area contributed by atoms with Crippen molar-refractivity contribution in [1.29, 1.82) is 0 Å². The first-order valence-corrected chi connectivity index (χ1v) is 13.4. The molecule has 0 spiro atoms. The fourth-order valence-electron chi connectivity index (χ4n) is 4.35. The van der Waals surface area contributed by atoms with Crippen molar-refractivity contribution in [2.45, 2.75) is 38.0 Å². The molecule has 2 aromatic carbocycles. The molecule has 0 aliphatic carbocycles. The SMILES string of the molecule is Cc1ccc(NC(=O)CNc2cc(S(=O)(=O)N3CCCCC3)ccc2N2CCOCC2)cc1C. The number of morpholine rings is 1. The monoisotopic (exact) mass is 486 g/mol. The molecule has 2 N–H and O–H groups in total. The lowest BCUT2D eigenvalue weighted by Crippen LogP contribution is -2.37. The molecule has 0 unspecified atom stereocenters. The van der Waals surface area contributed by atoms with E-state index in [1.807, 2.05) is 38.1 Å². The third-order valence-corrected chi connectivity index (χ3v) is 8.40. The molecule has 0 aromatic heterocycles. The number of carbonyl (C=O) groups is 1. The number of ether oxygens (including phenoxy) is 1.